The molecule has 20 heavy (non-hydrogen) atoms. The second kappa shape index (κ2) is 7.25. The molecule has 6 heteroatoms. The minimum absolute atomic E-state index is 0.279. The summed E-state index contributed by atoms with van der Waals surface area (Å²) in [6.45, 7) is 8.71. The highest BCUT2D eigenvalue weighted by molar-refractivity contribution is 9.10. The Bertz CT molecular complexity index is 573. The lowest BCUT2D eigenvalue weighted by molar-refractivity contribution is 0.380. The molecule has 0 spiro atoms. The Morgan fingerprint density at radius 3 is 2.40 bits per heavy atom. The van der Waals surface area contributed by atoms with Crippen LogP contribution < -0.4 is 0 Å². The molecule has 114 valence electrons. The number of hydrogen-bond donors (Lipinski definition) is 0. The molecule has 0 bridgehead atoms. The second-order valence-corrected chi connectivity index (χ2v) is 8.17. The van der Waals surface area contributed by atoms with Crippen LogP contribution in [0.15, 0.2) is 21.5 Å². The van der Waals surface area contributed by atoms with Crippen molar-refractivity contribution in [1.82, 2.24) is 4.31 Å². The van der Waals surface area contributed by atoms with Gasteiger partial charge in [-0.2, -0.15) is 4.31 Å². The lowest BCUT2D eigenvalue weighted by Gasteiger charge is -2.23. The van der Waals surface area contributed by atoms with E-state index in [2.05, 4.69) is 15.9 Å². The Balaban J connectivity index is 3.37. The first-order valence-corrected chi connectivity index (χ1v) is 9.35. The van der Waals surface area contributed by atoms with Crippen LogP contribution >= 0.6 is 27.5 Å². The number of alkyl halides is 1. The molecule has 0 atom stereocenters. The third kappa shape index (κ3) is 3.97. The van der Waals surface area contributed by atoms with Crippen LogP contribution in [0, 0.1) is 12.8 Å². The summed E-state index contributed by atoms with van der Waals surface area (Å²) in [6, 6.07) is 3.55. The van der Waals surface area contributed by atoms with Gasteiger partial charge in [0.05, 0.1) is 4.90 Å². The maximum atomic E-state index is 12.8. The molecule has 1 aromatic carbocycles. The third-order valence-corrected chi connectivity index (χ3v) is 6.56. The average molecular weight is 383 g/mol. The van der Waals surface area contributed by atoms with Crippen LogP contribution in [0.4, 0.5) is 0 Å². The van der Waals surface area contributed by atoms with E-state index in [1.54, 1.807) is 6.07 Å². The zero-order valence-electron chi connectivity index (χ0n) is 12.3. The lowest BCUT2D eigenvalue weighted by Crippen LogP contribution is -2.34. The molecule has 0 saturated heterocycles. The van der Waals surface area contributed by atoms with Gasteiger partial charge >= 0.3 is 0 Å². The second-order valence-electron chi connectivity index (χ2n) is 5.21. The zero-order chi connectivity index (χ0) is 15.5. The lowest BCUT2D eigenvalue weighted by atomic mass is 10.2. The van der Waals surface area contributed by atoms with E-state index in [0.29, 0.717) is 28.3 Å². The topological polar surface area (TPSA) is 37.4 Å². The Morgan fingerprint density at radius 2 is 1.95 bits per heavy atom. The molecule has 0 aliphatic carbocycles. The van der Waals surface area contributed by atoms with Crippen molar-refractivity contribution < 1.29 is 8.42 Å². The minimum Gasteiger partial charge on any atom is -0.207 e. The van der Waals surface area contributed by atoms with E-state index < -0.39 is 10.0 Å². The predicted molar refractivity (Wildman–Crippen MR) is 87.7 cm³/mol. The summed E-state index contributed by atoms with van der Waals surface area (Å²) < 4.78 is 27.7. The van der Waals surface area contributed by atoms with E-state index in [9.17, 15) is 8.42 Å². The standard InChI is InChI=1S/C14H21BrClNO2S/c1-5-17(9-10(2)3)20(18,19)13-7-12(8-16)6-11(4)14(13)15/h6-7,10H,5,8-9H2,1-4H3. The van der Waals surface area contributed by atoms with E-state index in [4.69, 9.17) is 11.6 Å². The molecule has 0 saturated carbocycles. The molecule has 0 aromatic heterocycles. The number of halogens is 2. The van der Waals surface area contributed by atoms with Gasteiger partial charge in [0.2, 0.25) is 10.0 Å². The molecule has 0 heterocycles. The van der Waals surface area contributed by atoms with Crippen LogP contribution in [-0.2, 0) is 15.9 Å². The van der Waals surface area contributed by atoms with Crippen molar-refractivity contribution in [3.63, 3.8) is 0 Å². The molecule has 0 aliphatic heterocycles. The number of hydrogen-bond acceptors (Lipinski definition) is 2. The molecule has 3 nitrogen and oxygen atoms in total. The normalized spacial score (nSPS) is 12.4. The van der Waals surface area contributed by atoms with Crippen LogP contribution in [0.25, 0.3) is 0 Å². The minimum atomic E-state index is -3.50. The summed E-state index contributed by atoms with van der Waals surface area (Å²) in [5.41, 5.74) is 1.69. The van der Waals surface area contributed by atoms with E-state index in [1.807, 2.05) is 33.8 Å². The Hall–Kier alpha value is -0.100. The molecule has 1 rings (SSSR count). The number of benzene rings is 1. The van der Waals surface area contributed by atoms with Gasteiger partial charge in [-0.05, 0) is 46.0 Å². The fraction of sp³-hybridized carbons (Fsp3) is 0.571. The van der Waals surface area contributed by atoms with Gasteiger partial charge < -0.3 is 0 Å². The molecule has 0 aliphatic rings. The largest absolute Gasteiger partial charge is 0.244 e. The van der Waals surface area contributed by atoms with Crippen molar-refractivity contribution in [2.75, 3.05) is 13.1 Å². The molecule has 0 fully saturated rings. The van der Waals surface area contributed by atoms with Crippen LogP contribution in [0.5, 0.6) is 0 Å². The summed E-state index contributed by atoms with van der Waals surface area (Å²) in [5, 5.41) is 0. The van der Waals surface area contributed by atoms with Gasteiger partial charge in [-0.25, -0.2) is 8.42 Å². The van der Waals surface area contributed by atoms with Gasteiger partial charge in [0, 0.05) is 23.4 Å². The summed E-state index contributed by atoms with van der Waals surface area (Å²) >= 11 is 9.24. The van der Waals surface area contributed by atoms with Crippen molar-refractivity contribution in [3.8, 4) is 0 Å². The third-order valence-electron chi connectivity index (χ3n) is 2.97. The molecule has 0 N–H and O–H groups in total. The number of aryl methyl sites for hydroxylation is 1. The Morgan fingerprint density at radius 1 is 1.35 bits per heavy atom. The summed E-state index contributed by atoms with van der Waals surface area (Å²) in [4.78, 5) is 0.302. The zero-order valence-corrected chi connectivity index (χ0v) is 15.4. The van der Waals surface area contributed by atoms with Crippen LogP contribution in [-0.4, -0.2) is 25.8 Å². The van der Waals surface area contributed by atoms with Gasteiger partial charge in [0.25, 0.3) is 0 Å². The van der Waals surface area contributed by atoms with Gasteiger partial charge in [-0.3, -0.25) is 0 Å². The fourth-order valence-electron chi connectivity index (χ4n) is 2.02. The van der Waals surface area contributed by atoms with Gasteiger partial charge in [-0.15, -0.1) is 11.6 Å². The molecular formula is C14H21BrClNO2S. The van der Waals surface area contributed by atoms with Crippen molar-refractivity contribution in [3.05, 3.63) is 27.7 Å². The first-order chi connectivity index (χ1) is 9.23. The van der Waals surface area contributed by atoms with Gasteiger partial charge in [-0.1, -0.05) is 26.8 Å². The molecular weight excluding hydrogens is 362 g/mol. The highest BCUT2D eigenvalue weighted by atomic mass is 79.9. The van der Waals surface area contributed by atoms with Crippen LogP contribution in [0.3, 0.4) is 0 Å². The van der Waals surface area contributed by atoms with E-state index in [1.165, 1.54) is 4.31 Å². The predicted octanol–water partition coefficient (Wildman–Crippen LogP) is 4.16. The van der Waals surface area contributed by atoms with E-state index in [0.717, 1.165) is 11.1 Å². The van der Waals surface area contributed by atoms with Gasteiger partial charge in [0.15, 0.2) is 0 Å². The highest BCUT2D eigenvalue weighted by Crippen LogP contribution is 2.30. The van der Waals surface area contributed by atoms with Gasteiger partial charge in [0.1, 0.15) is 0 Å². The molecule has 0 unspecified atom stereocenters. The first-order valence-electron chi connectivity index (χ1n) is 6.59. The number of sulfonamides is 1. The van der Waals surface area contributed by atoms with Crippen molar-refractivity contribution in [2.24, 2.45) is 5.92 Å². The smallest absolute Gasteiger partial charge is 0.207 e. The quantitative estimate of drug-likeness (QED) is 0.693. The van der Waals surface area contributed by atoms with Crippen LogP contribution in [0.1, 0.15) is 31.9 Å². The van der Waals surface area contributed by atoms with Crippen molar-refractivity contribution >= 4 is 37.6 Å². The van der Waals surface area contributed by atoms with Crippen molar-refractivity contribution in [1.29, 1.82) is 0 Å². The summed E-state index contributed by atoms with van der Waals surface area (Å²) in [6.07, 6.45) is 0. The van der Waals surface area contributed by atoms with Crippen molar-refractivity contribution in [2.45, 2.75) is 38.5 Å². The molecule has 1 aromatic rings. The fourth-order valence-corrected chi connectivity index (χ4v) is 4.81. The SMILES string of the molecule is CCN(CC(C)C)S(=O)(=O)c1cc(CCl)cc(C)c1Br. The van der Waals surface area contributed by atoms with E-state index in [-0.39, 0.29) is 5.92 Å². The highest BCUT2D eigenvalue weighted by Gasteiger charge is 2.27. The Kier molecular flexibility index (Phi) is 6.51. The number of nitrogens with zero attached hydrogens (tertiary/aromatic N) is 1. The first kappa shape index (κ1) is 18.0. The number of rotatable bonds is 6. The maximum Gasteiger partial charge on any atom is 0.244 e. The Labute approximate surface area is 135 Å². The summed E-state index contributed by atoms with van der Waals surface area (Å²) in [5.74, 6) is 0.577. The van der Waals surface area contributed by atoms with E-state index >= 15 is 0 Å². The summed E-state index contributed by atoms with van der Waals surface area (Å²) in [7, 11) is -3.50. The average Bonchev–Trinajstić information content (AvgIpc) is 2.38. The monoisotopic (exact) mass is 381 g/mol. The molecule has 0 radical (unpaired) electrons. The maximum absolute atomic E-state index is 12.8. The van der Waals surface area contributed by atoms with Crippen LogP contribution in [0.2, 0.25) is 0 Å². The molecule has 0 amide bonds.